The van der Waals surface area contributed by atoms with Gasteiger partial charge in [0, 0.05) is 6.54 Å². The van der Waals surface area contributed by atoms with Crippen molar-refractivity contribution < 1.29 is 4.39 Å². The lowest BCUT2D eigenvalue weighted by Crippen LogP contribution is -2.05. The molecule has 20 heavy (non-hydrogen) atoms. The number of aromatic nitrogens is 2. The SMILES string of the molecule is CCCCNc1nn(-c2ccccc2F)c(N)c1C#N. The van der Waals surface area contributed by atoms with Crippen molar-refractivity contribution in [3.63, 3.8) is 0 Å². The van der Waals surface area contributed by atoms with Gasteiger partial charge >= 0.3 is 0 Å². The molecule has 0 radical (unpaired) electrons. The fourth-order valence-corrected chi connectivity index (χ4v) is 1.86. The molecule has 0 amide bonds. The average Bonchev–Trinajstić information content (AvgIpc) is 2.76. The highest BCUT2D eigenvalue weighted by molar-refractivity contribution is 5.66. The maximum Gasteiger partial charge on any atom is 0.168 e. The van der Waals surface area contributed by atoms with Gasteiger partial charge in [-0.15, -0.1) is 5.10 Å². The molecule has 0 fully saturated rings. The van der Waals surface area contributed by atoms with E-state index >= 15 is 0 Å². The number of unbranched alkanes of at least 4 members (excludes halogenated alkanes) is 1. The van der Waals surface area contributed by atoms with Gasteiger partial charge in [-0.25, -0.2) is 9.07 Å². The van der Waals surface area contributed by atoms with E-state index in [1.165, 1.54) is 10.7 Å². The Labute approximate surface area is 116 Å². The lowest BCUT2D eigenvalue weighted by atomic mass is 10.3. The van der Waals surface area contributed by atoms with Crippen LogP contribution in [-0.4, -0.2) is 16.3 Å². The number of anilines is 2. The summed E-state index contributed by atoms with van der Waals surface area (Å²) in [7, 11) is 0. The summed E-state index contributed by atoms with van der Waals surface area (Å²) in [5, 5.41) is 16.4. The summed E-state index contributed by atoms with van der Waals surface area (Å²) in [6.07, 6.45) is 1.98. The molecular formula is C14H16FN5. The Morgan fingerprint density at radius 3 is 2.85 bits per heavy atom. The maximum absolute atomic E-state index is 13.8. The van der Waals surface area contributed by atoms with Gasteiger partial charge in [0.15, 0.2) is 5.82 Å². The van der Waals surface area contributed by atoms with Crippen LogP contribution >= 0.6 is 0 Å². The summed E-state index contributed by atoms with van der Waals surface area (Å²) in [6, 6.07) is 8.18. The van der Waals surface area contributed by atoms with Crippen molar-refractivity contribution in [1.29, 1.82) is 5.26 Å². The number of nitrogens with two attached hydrogens (primary N) is 1. The van der Waals surface area contributed by atoms with Gasteiger partial charge in [-0.3, -0.25) is 0 Å². The minimum absolute atomic E-state index is 0.136. The fraction of sp³-hybridized carbons (Fsp3) is 0.286. The minimum Gasteiger partial charge on any atom is -0.382 e. The Balaban J connectivity index is 2.41. The lowest BCUT2D eigenvalue weighted by molar-refractivity contribution is 0.612. The van der Waals surface area contributed by atoms with Crippen molar-refractivity contribution in [3.05, 3.63) is 35.6 Å². The Kier molecular flexibility index (Phi) is 4.20. The van der Waals surface area contributed by atoms with Crippen LogP contribution in [0.25, 0.3) is 5.69 Å². The van der Waals surface area contributed by atoms with E-state index in [0.29, 0.717) is 12.4 Å². The van der Waals surface area contributed by atoms with Crippen molar-refractivity contribution in [1.82, 2.24) is 9.78 Å². The van der Waals surface area contributed by atoms with E-state index in [1.54, 1.807) is 18.2 Å². The summed E-state index contributed by atoms with van der Waals surface area (Å²) in [5.41, 5.74) is 6.36. The number of para-hydroxylation sites is 1. The number of nitriles is 1. The maximum atomic E-state index is 13.8. The third kappa shape index (κ3) is 2.57. The largest absolute Gasteiger partial charge is 0.382 e. The number of hydrogen-bond acceptors (Lipinski definition) is 4. The van der Waals surface area contributed by atoms with Crippen LogP contribution in [0.1, 0.15) is 25.3 Å². The van der Waals surface area contributed by atoms with Crippen molar-refractivity contribution in [2.45, 2.75) is 19.8 Å². The fourth-order valence-electron chi connectivity index (χ4n) is 1.86. The Bertz CT molecular complexity index is 641. The third-order valence-corrected chi connectivity index (χ3v) is 2.94. The lowest BCUT2D eigenvalue weighted by Gasteiger charge is -2.04. The standard InChI is InChI=1S/C14H16FN5/c1-2-3-8-18-14-10(9-16)13(17)20(19-14)12-7-5-4-6-11(12)15/h4-7H,2-3,8,17H2,1H3,(H,18,19). The number of halogens is 1. The predicted molar refractivity (Wildman–Crippen MR) is 76.0 cm³/mol. The summed E-state index contributed by atoms with van der Waals surface area (Å²) in [6.45, 7) is 2.76. The van der Waals surface area contributed by atoms with Crippen molar-refractivity contribution >= 4 is 11.6 Å². The number of nitrogens with zero attached hydrogens (tertiary/aromatic N) is 3. The number of rotatable bonds is 5. The second-order valence-electron chi connectivity index (χ2n) is 4.36. The van der Waals surface area contributed by atoms with Gasteiger partial charge in [0.25, 0.3) is 0 Å². The molecule has 5 nitrogen and oxygen atoms in total. The zero-order valence-corrected chi connectivity index (χ0v) is 11.2. The summed E-state index contributed by atoms with van der Waals surface area (Å²) in [4.78, 5) is 0. The molecule has 2 rings (SSSR count). The molecule has 0 spiro atoms. The Morgan fingerprint density at radius 1 is 1.45 bits per heavy atom. The number of hydrogen-bond donors (Lipinski definition) is 2. The first-order chi connectivity index (χ1) is 9.69. The zero-order valence-electron chi connectivity index (χ0n) is 11.2. The van der Waals surface area contributed by atoms with Crippen LogP contribution in [0.5, 0.6) is 0 Å². The molecule has 1 heterocycles. The quantitative estimate of drug-likeness (QED) is 0.821. The highest BCUT2D eigenvalue weighted by atomic mass is 19.1. The van der Waals surface area contributed by atoms with E-state index < -0.39 is 5.82 Å². The molecule has 6 heteroatoms. The topological polar surface area (TPSA) is 79.7 Å². The normalized spacial score (nSPS) is 10.2. The minimum atomic E-state index is -0.439. The number of nitrogens with one attached hydrogen (secondary N) is 1. The highest BCUT2D eigenvalue weighted by Gasteiger charge is 2.17. The monoisotopic (exact) mass is 273 g/mol. The Hall–Kier alpha value is -2.55. The average molecular weight is 273 g/mol. The van der Waals surface area contributed by atoms with E-state index in [9.17, 15) is 4.39 Å². The Morgan fingerprint density at radius 2 is 2.20 bits per heavy atom. The van der Waals surface area contributed by atoms with E-state index in [2.05, 4.69) is 17.3 Å². The molecule has 0 atom stereocenters. The van der Waals surface area contributed by atoms with Crippen LogP contribution in [0.3, 0.4) is 0 Å². The second kappa shape index (κ2) is 6.06. The van der Waals surface area contributed by atoms with Gasteiger partial charge in [-0.2, -0.15) is 5.26 Å². The van der Waals surface area contributed by atoms with Crippen LogP contribution in [0.4, 0.5) is 16.0 Å². The van der Waals surface area contributed by atoms with E-state index in [-0.39, 0.29) is 17.1 Å². The first-order valence-electron chi connectivity index (χ1n) is 6.46. The van der Waals surface area contributed by atoms with Crippen LogP contribution in [-0.2, 0) is 0 Å². The first kappa shape index (κ1) is 13.9. The van der Waals surface area contributed by atoms with Crippen LogP contribution in [0, 0.1) is 17.1 Å². The molecule has 3 N–H and O–H groups in total. The van der Waals surface area contributed by atoms with Gasteiger partial charge in [0.2, 0.25) is 0 Å². The van der Waals surface area contributed by atoms with Crippen LogP contribution in [0.15, 0.2) is 24.3 Å². The first-order valence-corrected chi connectivity index (χ1v) is 6.46. The molecule has 0 saturated carbocycles. The molecule has 0 bridgehead atoms. The van der Waals surface area contributed by atoms with Gasteiger partial charge in [-0.05, 0) is 18.6 Å². The summed E-state index contributed by atoms with van der Waals surface area (Å²) in [5.74, 6) is 0.0876. The molecule has 0 unspecified atom stereocenters. The van der Waals surface area contributed by atoms with E-state index in [1.807, 2.05) is 6.07 Å². The molecule has 2 aromatic rings. The van der Waals surface area contributed by atoms with E-state index in [0.717, 1.165) is 12.8 Å². The molecule has 1 aromatic carbocycles. The van der Waals surface area contributed by atoms with Gasteiger partial charge in [-0.1, -0.05) is 25.5 Å². The molecule has 0 aliphatic heterocycles. The predicted octanol–water partition coefficient (Wildman–Crippen LogP) is 2.68. The van der Waals surface area contributed by atoms with Gasteiger partial charge in [0.05, 0.1) is 0 Å². The van der Waals surface area contributed by atoms with E-state index in [4.69, 9.17) is 11.0 Å². The number of benzene rings is 1. The smallest absolute Gasteiger partial charge is 0.168 e. The van der Waals surface area contributed by atoms with Crippen LogP contribution < -0.4 is 11.1 Å². The summed E-state index contributed by atoms with van der Waals surface area (Å²) < 4.78 is 15.0. The zero-order chi connectivity index (χ0) is 14.5. The van der Waals surface area contributed by atoms with Crippen molar-refractivity contribution in [2.24, 2.45) is 0 Å². The second-order valence-corrected chi connectivity index (χ2v) is 4.36. The molecule has 104 valence electrons. The van der Waals surface area contributed by atoms with Gasteiger partial charge < -0.3 is 11.1 Å². The summed E-state index contributed by atoms with van der Waals surface area (Å²) >= 11 is 0. The third-order valence-electron chi connectivity index (χ3n) is 2.94. The highest BCUT2D eigenvalue weighted by Crippen LogP contribution is 2.25. The number of nitrogen functional groups attached to an aromatic ring is 1. The van der Waals surface area contributed by atoms with Gasteiger partial charge in [0.1, 0.15) is 29.0 Å². The van der Waals surface area contributed by atoms with Crippen LogP contribution in [0.2, 0.25) is 0 Å². The molecule has 1 aromatic heterocycles. The molecule has 0 aliphatic carbocycles. The van der Waals surface area contributed by atoms with Crippen molar-refractivity contribution in [2.75, 3.05) is 17.6 Å². The van der Waals surface area contributed by atoms with Crippen molar-refractivity contribution in [3.8, 4) is 11.8 Å². The molecule has 0 aliphatic rings. The molecule has 0 saturated heterocycles. The molecular weight excluding hydrogens is 257 g/mol.